The molecule has 1 aliphatic rings. The van der Waals surface area contributed by atoms with Gasteiger partial charge in [-0.25, -0.2) is 9.97 Å². The van der Waals surface area contributed by atoms with E-state index in [1.54, 1.807) is 19.4 Å². The molecule has 0 amide bonds. The number of hydrogen-bond donors (Lipinski definition) is 1. The first kappa shape index (κ1) is 15.4. The van der Waals surface area contributed by atoms with E-state index in [1.807, 2.05) is 12.1 Å². The molecule has 5 heteroatoms. The quantitative estimate of drug-likeness (QED) is 0.939. The number of nitrogens with zero attached hydrogens (tertiary/aromatic N) is 3. The molecule has 1 aromatic heterocycles. The highest BCUT2D eigenvalue weighted by Crippen LogP contribution is 2.35. The van der Waals surface area contributed by atoms with Crippen LogP contribution in [0.1, 0.15) is 36.4 Å². The van der Waals surface area contributed by atoms with Crippen molar-refractivity contribution in [2.24, 2.45) is 0 Å². The summed E-state index contributed by atoms with van der Waals surface area (Å²) in [4.78, 5) is 8.39. The molecule has 3 unspecified atom stereocenters. The smallest absolute Gasteiger partial charge is 0.224 e. The van der Waals surface area contributed by atoms with Gasteiger partial charge in [0.05, 0.1) is 12.1 Å². The zero-order valence-corrected chi connectivity index (χ0v) is 13.1. The number of benzene rings is 1. The third-order valence-electron chi connectivity index (χ3n) is 4.45. The van der Waals surface area contributed by atoms with Crippen molar-refractivity contribution < 1.29 is 4.74 Å². The van der Waals surface area contributed by atoms with E-state index in [2.05, 4.69) is 39.6 Å². The van der Waals surface area contributed by atoms with Crippen molar-refractivity contribution >= 4 is 5.95 Å². The van der Waals surface area contributed by atoms with Crippen molar-refractivity contribution in [1.29, 1.82) is 5.26 Å². The third kappa shape index (κ3) is 3.66. The lowest BCUT2D eigenvalue weighted by Crippen LogP contribution is -2.40. The summed E-state index contributed by atoms with van der Waals surface area (Å²) >= 11 is 0. The van der Waals surface area contributed by atoms with Crippen LogP contribution in [0.3, 0.4) is 0 Å². The van der Waals surface area contributed by atoms with E-state index in [9.17, 15) is 0 Å². The second-order valence-electron chi connectivity index (χ2n) is 5.82. The van der Waals surface area contributed by atoms with Crippen LogP contribution in [0, 0.1) is 11.3 Å². The van der Waals surface area contributed by atoms with Gasteiger partial charge in [0, 0.05) is 13.3 Å². The summed E-state index contributed by atoms with van der Waals surface area (Å²) in [5, 5.41) is 12.3. The fourth-order valence-corrected chi connectivity index (χ4v) is 3.24. The van der Waals surface area contributed by atoms with E-state index >= 15 is 0 Å². The SMILES string of the molecule is COC1CC(c2ccccc2)CCC1Nc1nccc(C#N)n1. The lowest BCUT2D eigenvalue weighted by atomic mass is 9.80. The number of nitrogens with one attached hydrogen (secondary N) is 1. The van der Waals surface area contributed by atoms with Crippen LogP contribution in [0.2, 0.25) is 0 Å². The fourth-order valence-electron chi connectivity index (χ4n) is 3.24. The molecule has 0 spiro atoms. The van der Waals surface area contributed by atoms with Crippen LogP contribution >= 0.6 is 0 Å². The summed E-state index contributed by atoms with van der Waals surface area (Å²) in [5.74, 6) is 1.01. The van der Waals surface area contributed by atoms with E-state index in [4.69, 9.17) is 10.00 Å². The van der Waals surface area contributed by atoms with Gasteiger partial charge >= 0.3 is 0 Å². The largest absolute Gasteiger partial charge is 0.379 e. The molecule has 0 aliphatic heterocycles. The van der Waals surface area contributed by atoms with E-state index in [0.29, 0.717) is 17.6 Å². The van der Waals surface area contributed by atoms with Crippen LogP contribution < -0.4 is 5.32 Å². The third-order valence-corrected chi connectivity index (χ3v) is 4.45. The minimum Gasteiger partial charge on any atom is -0.379 e. The summed E-state index contributed by atoms with van der Waals surface area (Å²) in [6, 6.07) is 14.4. The van der Waals surface area contributed by atoms with Gasteiger partial charge in [-0.15, -0.1) is 0 Å². The molecule has 0 bridgehead atoms. The Labute approximate surface area is 136 Å². The van der Waals surface area contributed by atoms with Crippen LogP contribution in [-0.4, -0.2) is 29.2 Å². The Bertz CT molecular complexity index is 683. The number of anilines is 1. The van der Waals surface area contributed by atoms with Crippen LogP contribution in [0.4, 0.5) is 5.95 Å². The zero-order chi connectivity index (χ0) is 16.1. The van der Waals surface area contributed by atoms with Crippen LogP contribution in [-0.2, 0) is 4.74 Å². The van der Waals surface area contributed by atoms with Gasteiger partial charge < -0.3 is 10.1 Å². The molecule has 1 aliphatic carbocycles. The van der Waals surface area contributed by atoms with Gasteiger partial charge in [0.25, 0.3) is 0 Å². The van der Waals surface area contributed by atoms with Crippen molar-refractivity contribution in [2.75, 3.05) is 12.4 Å². The van der Waals surface area contributed by atoms with Gasteiger partial charge in [-0.2, -0.15) is 5.26 Å². The highest BCUT2D eigenvalue weighted by Gasteiger charge is 2.31. The van der Waals surface area contributed by atoms with Gasteiger partial charge in [0.15, 0.2) is 0 Å². The van der Waals surface area contributed by atoms with Crippen LogP contribution in [0.15, 0.2) is 42.6 Å². The summed E-state index contributed by atoms with van der Waals surface area (Å²) < 4.78 is 5.70. The first-order chi connectivity index (χ1) is 11.3. The second kappa shape index (κ2) is 7.21. The number of nitriles is 1. The van der Waals surface area contributed by atoms with E-state index < -0.39 is 0 Å². The molecule has 5 nitrogen and oxygen atoms in total. The highest BCUT2D eigenvalue weighted by atomic mass is 16.5. The number of aromatic nitrogens is 2. The molecule has 1 aromatic carbocycles. The zero-order valence-electron chi connectivity index (χ0n) is 13.1. The normalized spacial score (nSPS) is 23.9. The van der Waals surface area contributed by atoms with Gasteiger partial charge in [-0.05, 0) is 36.8 Å². The van der Waals surface area contributed by atoms with E-state index in [1.165, 1.54) is 5.56 Å². The van der Waals surface area contributed by atoms with Crippen molar-refractivity contribution in [3.05, 3.63) is 53.9 Å². The number of ether oxygens (including phenoxy) is 1. The first-order valence-corrected chi connectivity index (χ1v) is 7.87. The lowest BCUT2D eigenvalue weighted by molar-refractivity contribution is 0.0530. The second-order valence-corrected chi connectivity index (χ2v) is 5.82. The minimum absolute atomic E-state index is 0.100. The Morgan fingerprint density at radius 3 is 2.78 bits per heavy atom. The van der Waals surface area contributed by atoms with Gasteiger partial charge in [-0.1, -0.05) is 30.3 Å². The van der Waals surface area contributed by atoms with Crippen LogP contribution in [0.25, 0.3) is 0 Å². The number of methoxy groups -OCH3 is 1. The summed E-state index contributed by atoms with van der Waals surface area (Å²) in [6.45, 7) is 0. The summed E-state index contributed by atoms with van der Waals surface area (Å²) in [7, 11) is 1.75. The predicted octanol–water partition coefficient (Wildman–Crippen LogP) is 3.11. The topological polar surface area (TPSA) is 70.8 Å². The van der Waals surface area contributed by atoms with Crippen molar-refractivity contribution in [2.45, 2.75) is 37.3 Å². The first-order valence-electron chi connectivity index (χ1n) is 7.87. The molecule has 1 saturated carbocycles. The molecular formula is C18H20N4O. The standard InChI is InChI=1S/C18H20N4O/c1-23-17-11-14(13-5-3-2-4-6-13)7-8-16(17)22-18-20-10-9-15(12-19)21-18/h2-6,9-10,14,16-17H,7-8,11H2,1H3,(H,20,21,22). The molecule has 0 radical (unpaired) electrons. The molecule has 1 heterocycles. The maximum atomic E-state index is 8.93. The van der Waals surface area contributed by atoms with E-state index in [0.717, 1.165) is 19.3 Å². The lowest BCUT2D eigenvalue weighted by Gasteiger charge is -2.36. The van der Waals surface area contributed by atoms with E-state index in [-0.39, 0.29) is 12.1 Å². The molecule has 3 atom stereocenters. The average molecular weight is 308 g/mol. The average Bonchev–Trinajstić information content (AvgIpc) is 2.63. The van der Waals surface area contributed by atoms with Gasteiger partial charge in [0.2, 0.25) is 5.95 Å². The number of hydrogen-bond acceptors (Lipinski definition) is 5. The number of rotatable bonds is 4. The summed E-state index contributed by atoms with van der Waals surface area (Å²) in [6.07, 6.45) is 4.75. The van der Waals surface area contributed by atoms with Crippen LogP contribution in [0.5, 0.6) is 0 Å². The molecule has 118 valence electrons. The molecule has 0 saturated heterocycles. The van der Waals surface area contributed by atoms with Gasteiger partial charge in [0.1, 0.15) is 11.8 Å². The highest BCUT2D eigenvalue weighted by molar-refractivity contribution is 5.32. The van der Waals surface area contributed by atoms with Crippen molar-refractivity contribution in [3.63, 3.8) is 0 Å². The minimum atomic E-state index is 0.100. The molecule has 3 rings (SSSR count). The Morgan fingerprint density at radius 2 is 2.04 bits per heavy atom. The van der Waals surface area contributed by atoms with Gasteiger partial charge in [-0.3, -0.25) is 0 Å². The molecule has 2 aromatic rings. The maximum absolute atomic E-state index is 8.93. The Hall–Kier alpha value is -2.45. The molecule has 23 heavy (non-hydrogen) atoms. The molecular weight excluding hydrogens is 288 g/mol. The van der Waals surface area contributed by atoms with Crippen molar-refractivity contribution in [1.82, 2.24) is 9.97 Å². The Balaban J connectivity index is 1.69. The van der Waals surface area contributed by atoms with Crippen molar-refractivity contribution in [3.8, 4) is 6.07 Å². The molecule has 1 fully saturated rings. The fraction of sp³-hybridized carbons (Fsp3) is 0.389. The maximum Gasteiger partial charge on any atom is 0.224 e. The summed E-state index contributed by atoms with van der Waals surface area (Å²) in [5.41, 5.74) is 1.74. The molecule has 1 N–H and O–H groups in total. The Kier molecular flexibility index (Phi) is 4.84. The monoisotopic (exact) mass is 308 g/mol. The predicted molar refractivity (Wildman–Crippen MR) is 88.0 cm³/mol. The Morgan fingerprint density at radius 1 is 1.22 bits per heavy atom.